The Labute approximate surface area is 360 Å². The molecule has 0 aliphatic carbocycles. The van der Waals surface area contributed by atoms with Gasteiger partial charge in [0.25, 0.3) is 0 Å². The molecule has 1 rings (SSSR count). The third-order valence-corrected chi connectivity index (χ3v) is 12.4. The van der Waals surface area contributed by atoms with E-state index in [1.165, 1.54) is 154 Å². The highest BCUT2D eigenvalue weighted by Gasteiger charge is 2.48. The van der Waals surface area contributed by atoms with Crippen LogP contribution in [0.1, 0.15) is 232 Å². The number of aliphatic hydroxyl groups is 4. The molecule has 0 aromatic heterocycles. The maximum Gasteiger partial charge on any atom is 0.397 e. The molecule has 7 atom stereocenters. The average molecular weight is 866 g/mol. The molecule has 0 aromatic rings. The van der Waals surface area contributed by atoms with Crippen LogP contribution in [0.15, 0.2) is 0 Å². The highest BCUT2D eigenvalue weighted by atomic mass is 32.3. The van der Waals surface area contributed by atoms with Gasteiger partial charge in [0.05, 0.1) is 25.4 Å². The molecule has 1 heterocycles. The number of hydrogen-bond acceptors (Lipinski definition) is 10. The first-order chi connectivity index (χ1) is 28.5. The molecule has 0 saturated carbocycles. The zero-order chi connectivity index (χ0) is 43.4. The summed E-state index contributed by atoms with van der Waals surface area (Å²) < 4.78 is 47.7. The molecular weight excluding hydrogens is 775 g/mol. The van der Waals surface area contributed by atoms with Gasteiger partial charge in [-0.25, -0.2) is 4.18 Å². The van der Waals surface area contributed by atoms with Crippen molar-refractivity contribution in [1.29, 1.82) is 0 Å². The van der Waals surface area contributed by atoms with E-state index in [9.17, 15) is 38.2 Å². The summed E-state index contributed by atoms with van der Waals surface area (Å²) in [6.07, 6.45) is 31.0. The quantitative estimate of drug-likeness (QED) is 0.0253. The average Bonchev–Trinajstić information content (AvgIpc) is 3.20. The lowest BCUT2D eigenvalue weighted by molar-refractivity contribution is -0.298. The van der Waals surface area contributed by atoms with Crippen molar-refractivity contribution >= 4 is 16.3 Å². The van der Waals surface area contributed by atoms with Gasteiger partial charge in [-0.1, -0.05) is 213 Å². The van der Waals surface area contributed by atoms with E-state index >= 15 is 0 Å². The van der Waals surface area contributed by atoms with Crippen LogP contribution in [0.2, 0.25) is 0 Å². The maximum atomic E-state index is 13.0. The van der Waals surface area contributed by atoms with Gasteiger partial charge in [0, 0.05) is 6.42 Å². The number of rotatable bonds is 42. The Kier molecular flexibility index (Phi) is 35.8. The van der Waals surface area contributed by atoms with Gasteiger partial charge in [0.1, 0.15) is 24.4 Å². The zero-order valence-electron chi connectivity index (χ0n) is 37.6. The predicted molar refractivity (Wildman–Crippen MR) is 236 cm³/mol. The third kappa shape index (κ3) is 30.7. The summed E-state index contributed by atoms with van der Waals surface area (Å²) in [6.45, 7) is 3.47. The largest absolute Gasteiger partial charge is 0.397 e. The van der Waals surface area contributed by atoms with Gasteiger partial charge < -0.3 is 35.2 Å². The smallest absolute Gasteiger partial charge is 0.394 e. The summed E-state index contributed by atoms with van der Waals surface area (Å²) in [5.41, 5.74) is 0. The van der Waals surface area contributed by atoms with Crippen molar-refractivity contribution in [3.63, 3.8) is 0 Å². The fourth-order valence-corrected chi connectivity index (χ4v) is 8.62. The zero-order valence-corrected chi connectivity index (χ0v) is 38.4. The molecule has 59 heavy (non-hydrogen) atoms. The molecule has 352 valence electrons. The molecule has 0 spiro atoms. The van der Waals surface area contributed by atoms with Crippen molar-refractivity contribution in [3.8, 4) is 0 Å². The first-order valence-corrected chi connectivity index (χ1v) is 25.8. The minimum atomic E-state index is -5.07. The van der Waals surface area contributed by atoms with Crippen molar-refractivity contribution in [2.24, 2.45) is 0 Å². The Morgan fingerprint density at radius 3 is 1.36 bits per heavy atom. The van der Waals surface area contributed by atoms with E-state index in [2.05, 4.69) is 23.3 Å². The van der Waals surface area contributed by atoms with Crippen LogP contribution in [-0.4, -0.2) is 95.4 Å². The van der Waals surface area contributed by atoms with Gasteiger partial charge >= 0.3 is 10.4 Å². The van der Waals surface area contributed by atoms with Crippen molar-refractivity contribution in [2.75, 3.05) is 13.2 Å². The van der Waals surface area contributed by atoms with Gasteiger partial charge in [-0.2, -0.15) is 8.42 Å². The second-order valence-corrected chi connectivity index (χ2v) is 18.5. The summed E-state index contributed by atoms with van der Waals surface area (Å²) in [7, 11) is -5.07. The van der Waals surface area contributed by atoms with Crippen molar-refractivity contribution < 1.29 is 51.8 Å². The fourth-order valence-electron chi connectivity index (χ4n) is 8.11. The van der Waals surface area contributed by atoms with E-state index in [-0.39, 0.29) is 12.5 Å². The topological polar surface area (TPSA) is 192 Å². The molecule has 0 radical (unpaired) electrons. The highest BCUT2D eigenvalue weighted by molar-refractivity contribution is 7.80. The summed E-state index contributed by atoms with van der Waals surface area (Å²) in [5, 5.41) is 44.9. The minimum Gasteiger partial charge on any atom is -0.394 e. The maximum absolute atomic E-state index is 13.0. The number of unbranched alkanes of at least 4 members (excludes halogenated alkanes) is 30. The Balaban J connectivity index is 2.45. The van der Waals surface area contributed by atoms with Crippen LogP contribution in [0.5, 0.6) is 0 Å². The van der Waals surface area contributed by atoms with Crippen LogP contribution < -0.4 is 5.32 Å². The standard InChI is InChI=1S/C46H91NO11S/c1-3-5-7-9-11-13-15-17-19-20-21-22-23-25-27-29-31-33-35-40(49)39(38-56-46-44(52)45(58-59(53,54)55)43(51)41(37-48)57-46)47-42(50)36-34-32-30-28-26-24-18-16-14-12-10-8-6-4-2/h39-41,43-46,48-49,51-52H,3-38H2,1-2H3,(H,47,50)(H,53,54,55). The van der Waals surface area contributed by atoms with Gasteiger partial charge in [-0.15, -0.1) is 0 Å². The van der Waals surface area contributed by atoms with E-state index in [0.717, 1.165) is 51.4 Å². The molecule has 1 amide bonds. The molecule has 0 bridgehead atoms. The van der Waals surface area contributed by atoms with Gasteiger partial charge in [-0.05, 0) is 12.8 Å². The normalized spacial score (nSPS) is 20.8. The molecule has 1 fully saturated rings. The summed E-state index contributed by atoms with van der Waals surface area (Å²) in [6, 6.07) is -0.851. The summed E-state index contributed by atoms with van der Waals surface area (Å²) >= 11 is 0. The Bertz CT molecular complexity index is 1070. The Morgan fingerprint density at radius 1 is 0.610 bits per heavy atom. The minimum absolute atomic E-state index is 0.226. The van der Waals surface area contributed by atoms with Gasteiger partial charge in [-0.3, -0.25) is 9.35 Å². The molecule has 1 saturated heterocycles. The number of aliphatic hydroxyl groups excluding tert-OH is 4. The van der Waals surface area contributed by atoms with Gasteiger partial charge in [0.2, 0.25) is 5.91 Å². The molecular formula is C46H91NO11S. The van der Waals surface area contributed by atoms with Crippen LogP contribution in [0.4, 0.5) is 0 Å². The second kappa shape index (κ2) is 37.6. The number of carbonyl (C=O) groups is 1. The van der Waals surface area contributed by atoms with Crippen LogP contribution in [0, 0.1) is 0 Å². The SMILES string of the molecule is CCCCCCCCCCCCCCCCCCCCC(O)C(COC1OC(CO)C(O)C(OS(=O)(=O)O)C1O)NC(=O)CCCCCCCCCCCCCCCC. The lowest BCUT2D eigenvalue weighted by Crippen LogP contribution is -2.61. The third-order valence-electron chi connectivity index (χ3n) is 11.9. The number of carbonyl (C=O) groups excluding carboxylic acids is 1. The van der Waals surface area contributed by atoms with Crippen LogP contribution in [0.25, 0.3) is 0 Å². The Morgan fingerprint density at radius 2 is 0.983 bits per heavy atom. The molecule has 13 heteroatoms. The molecule has 1 aliphatic heterocycles. The Hall–Kier alpha value is -0.900. The second-order valence-electron chi connectivity index (χ2n) is 17.4. The monoisotopic (exact) mass is 866 g/mol. The van der Waals surface area contributed by atoms with Crippen LogP contribution >= 0.6 is 0 Å². The highest BCUT2D eigenvalue weighted by Crippen LogP contribution is 2.26. The van der Waals surface area contributed by atoms with Gasteiger partial charge in [0.15, 0.2) is 6.29 Å². The molecule has 0 aromatic carbocycles. The van der Waals surface area contributed by atoms with E-state index < -0.39 is 59.9 Å². The van der Waals surface area contributed by atoms with E-state index in [1.54, 1.807) is 0 Å². The fraction of sp³-hybridized carbons (Fsp3) is 0.978. The number of amides is 1. The lowest BCUT2D eigenvalue weighted by Gasteiger charge is -2.41. The van der Waals surface area contributed by atoms with Crippen molar-refractivity contribution in [3.05, 3.63) is 0 Å². The summed E-state index contributed by atoms with van der Waals surface area (Å²) in [4.78, 5) is 13.0. The molecule has 6 N–H and O–H groups in total. The first-order valence-electron chi connectivity index (χ1n) is 24.4. The van der Waals surface area contributed by atoms with Crippen molar-refractivity contribution in [1.82, 2.24) is 5.32 Å². The number of nitrogens with one attached hydrogen (secondary N) is 1. The van der Waals surface area contributed by atoms with E-state index in [1.807, 2.05) is 0 Å². The number of ether oxygens (including phenoxy) is 2. The van der Waals surface area contributed by atoms with Crippen LogP contribution in [-0.2, 0) is 28.9 Å². The lowest BCUT2D eigenvalue weighted by atomic mass is 9.99. The number of hydrogen-bond donors (Lipinski definition) is 6. The molecule has 12 nitrogen and oxygen atoms in total. The summed E-state index contributed by atoms with van der Waals surface area (Å²) in [5.74, 6) is -0.226. The van der Waals surface area contributed by atoms with Crippen LogP contribution in [0.3, 0.4) is 0 Å². The van der Waals surface area contributed by atoms with Crippen molar-refractivity contribution in [2.45, 2.75) is 275 Å². The molecule has 7 unspecified atom stereocenters. The van der Waals surface area contributed by atoms with E-state index in [0.29, 0.717) is 12.8 Å². The predicted octanol–water partition coefficient (Wildman–Crippen LogP) is 9.78. The van der Waals surface area contributed by atoms with E-state index in [4.69, 9.17) is 9.47 Å². The molecule has 1 aliphatic rings. The first kappa shape index (κ1) is 56.1.